The van der Waals surface area contributed by atoms with Gasteiger partial charge in [0.15, 0.2) is 5.78 Å². The van der Waals surface area contributed by atoms with Crippen molar-refractivity contribution in [3.05, 3.63) is 23.8 Å². The topological polar surface area (TPSA) is 37.3 Å². The Hall–Kier alpha value is -0.890. The molecule has 2 nitrogen and oxygen atoms in total. The third kappa shape index (κ3) is 2.55. The molecule has 0 radical (unpaired) electrons. The fourth-order valence-corrected chi connectivity index (χ4v) is 1.81. The minimum atomic E-state index is -0.874. The molecule has 0 fully saturated rings. The Labute approximate surface area is 85.3 Å². The van der Waals surface area contributed by atoms with Crippen LogP contribution in [0.2, 0.25) is 0 Å². The van der Waals surface area contributed by atoms with Crippen LogP contribution in [0, 0.1) is 5.92 Å². The zero-order valence-corrected chi connectivity index (χ0v) is 8.92. The highest BCUT2D eigenvalue weighted by molar-refractivity contribution is 5.83. The molecule has 1 N–H and O–H groups in total. The molecule has 0 heterocycles. The molecule has 0 aromatic rings. The van der Waals surface area contributed by atoms with Crippen molar-refractivity contribution in [1.29, 1.82) is 0 Å². The van der Waals surface area contributed by atoms with Crippen LogP contribution in [0.15, 0.2) is 23.8 Å². The van der Waals surface area contributed by atoms with Crippen LogP contribution < -0.4 is 0 Å². The zero-order valence-electron chi connectivity index (χ0n) is 8.92. The molecule has 0 amide bonds. The number of Topliss-reactive ketones (excluding diaryl/α,β-unsaturated/α-hetero) is 1. The van der Waals surface area contributed by atoms with Crippen molar-refractivity contribution in [1.82, 2.24) is 0 Å². The van der Waals surface area contributed by atoms with Crippen LogP contribution in [-0.2, 0) is 4.79 Å². The molecule has 2 heteroatoms. The average Bonchev–Trinajstić information content (AvgIpc) is 2.16. The number of allylic oxidation sites excluding steroid dienone is 2. The molecule has 1 aliphatic carbocycles. The van der Waals surface area contributed by atoms with Crippen molar-refractivity contribution < 1.29 is 9.90 Å². The van der Waals surface area contributed by atoms with Gasteiger partial charge in [-0.15, -0.1) is 0 Å². The smallest absolute Gasteiger partial charge is 0.162 e. The summed E-state index contributed by atoms with van der Waals surface area (Å²) in [6, 6.07) is 0. The summed E-state index contributed by atoms with van der Waals surface area (Å²) in [6.07, 6.45) is 3.86. The summed E-state index contributed by atoms with van der Waals surface area (Å²) in [5.41, 5.74) is 2.08. The van der Waals surface area contributed by atoms with E-state index >= 15 is 0 Å². The third-order valence-electron chi connectivity index (χ3n) is 2.88. The molecule has 14 heavy (non-hydrogen) atoms. The average molecular weight is 194 g/mol. The van der Waals surface area contributed by atoms with E-state index in [1.165, 1.54) is 12.5 Å². The fourth-order valence-electron chi connectivity index (χ4n) is 1.81. The van der Waals surface area contributed by atoms with Crippen LogP contribution in [0.5, 0.6) is 0 Å². The molecule has 0 aliphatic heterocycles. The molecule has 0 saturated carbocycles. The first-order valence-electron chi connectivity index (χ1n) is 5.05. The van der Waals surface area contributed by atoms with Gasteiger partial charge in [0.05, 0.1) is 0 Å². The van der Waals surface area contributed by atoms with E-state index in [0.717, 1.165) is 24.8 Å². The summed E-state index contributed by atoms with van der Waals surface area (Å²) >= 11 is 0. The van der Waals surface area contributed by atoms with Crippen molar-refractivity contribution in [3.63, 3.8) is 0 Å². The van der Waals surface area contributed by atoms with Gasteiger partial charge >= 0.3 is 0 Å². The molecule has 0 aromatic heterocycles. The van der Waals surface area contributed by atoms with Crippen LogP contribution in [-0.4, -0.2) is 17.0 Å². The Bertz CT molecular complexity index is 276. The number of carbonyl (C=O) groups is 1. The highest BCUT2D eigenvalue weighted by atomic mass is 16.3. The Morgan fingerprint density at radius 1 is 1.64 bits per heavy atom. The van der Waals surface area contributed by atoms with Gasteiger partial charge in [0.25, 0.3) is 0 Å². The third-order valence-corrected chi connectivity index (χ3v) is 2.88. The highest BCUT2D eigenvalue weighted by Gasteiger charge is 2.21. The number of aliphatic hydroxyl groups is 1. The minimum absolute atomic E-state index is 0.162. The van der Waals surface area contributed by atoms with Gasteiger partial charge in [-0.05, 0) is 44.6 Å². The Morgan fingerprint density at radius 2 is 2.29 bits per heavy atom. The first-order valence-corrected chi connectivity index (χ1v) is 5.05. The molecular formula is C12H18O2. The molecule has 78 valence electrons. The number of aliphatic hydroxyl groups excluding tert-OH is 1. The van der Waals surface area contributed by atoms with Gasteiger partial charge in [0.2, 0.25) is 0 Å². The number of hydrogen-bond donors (Lipinski definition) is 1. The number of hydrogen-bond acceptors (Lipinski definition) is 2. The standard InChI is InChI=1S/C12H18O2/c1-8(2)10-4-6-11(7-5-10)12(14)9(3)13/h6,10,12,14H,1,4-5,7H2,2-3H3/t10-,12+/m0/s1. The molecule has 1 rings (SSSR count). The number of carbonyl (C=O) groups excluding carboxylic acids is 1. The van der Waals surface area contributed by atoms with Crippen molar-refractivity contribution in [2.45, 2.75) is 39.2 Å². The van der Waals surface area contributed by atoms with Crippen molar-refractivity contribution in [2.24, 2.45) is 5.92 Å². The first-order chi connectivity index (χ1) is 6.52. The van der Waals surface area contributed by atoms with Gasteiger partial charge in [0.1, 0.15) is 6.10 Å². The van der Waals surface area contributed by atoms with E-state index in [2.05, 4.69) is 6.58 Å². The van der Waals surface area contributed by atoms with E-state index < -0.39 is 6.10 Å². The molecule has 0 unspecified atom stereocenters. The maximum atomic E-state index is 10.9. The second-order valence-electron chi connectivity index (χ2n) is 4.11. The number of ketones is 1. The van der Waals surface area contributed by atoms with Gasteiger partial charge < -0.3 is 5.11 Å². The second-order valence-corrected chi connectivity index (χ2v) is 4.11. The summed E-state index contributed by atoms with van der Waals surface area (Å²) in [7, 11) is 0. The maximum Gasteiger partial charge on any atom is 0.162 e. The predicted octanol–water partition coefficient (Wildman–Crippen LogP) is 2.24. The Morgan fingerprint density at radius 3 is 2.64 bits per heavy atom. The summed E-state index contributed by atoms with van der Waals surface area (Å²) in [5.74, 6) is 0.364. The Kier molecular flexibility index (Phi) is 3.64. The van der Waals surface area contributed by atoms with Gasteiger partial charge in [-0.25, -0.2) is 0 Å². The molecular weight excluding hydrogens is 176 g/mol. The van der Waals surface area contributed by atoms with Crippen LogP contribution >= 0.6 is 0 Å². The van der Waals surface area contributed by atoms with E-state index in [-0.39, 0.29) is 5.78 Å². The maximum absolute atomic E-state index is 10.9. The lowest BCUT2D eigenvalue weighted by Crippen LogP contribution is -2.22. The van der Waals surface area contributed by atoms with Crippen molar-refractivity contribution >= 4 is 5.78 Å². The first kappa shape index (κ1) is 11.2. The quantitative estimate of drug-likeness (QED) is 0.699. The summed E-state index contributed by atoms with van der Waals surface area (Å²) < 4.78 is 0. The van der Waals surface area contributed by atoms with E-state index in [1.54, 1.807) is 0 Å². The second kappa shape index (κ2) is 4.56. The highest BCUT2D eigenvalue weighted by Crippen LogP contribution is 2.29. The van der Waals surface area contributed by atoms with Crippen molar-refractivity contribution in [3.8, 4) is 0 Å². The largest absolute Gasteiger partial charge is 0.381 e. The predicted molar refractivity (Wildman–Crippen MR) is 56.9 cm³/mol. The summed E-state index contributed by atoms with van der Waals surface area (Å²) in [4.78, 5) is 10.9. The molecule has 0 spiro atoms. The van der Waals surface area contributed by atoms with E-state index in [0.29, 0.717) is 5.92 Å². The summed E-state index contributed by atoms with van der Waals surface area (Å²) in [5, 5.41) is 9.54. The Balaban J connectivity index is 2.61. The molecule has 1 aliphatic rings. The van der Waals surface area contributed by atoms with Crippen molar-refractivity contribution in [2.75, 3.05) is 0 Å². The molecule has 0 aromatic carbocycles. The van der Waals surface area contributed by atoms with E-state index in [1.807, 2.05) is 13.0 Å². The van der Waals surface area contributed by atoms with Crippen LogP contribution in [0.25, 0.3) is 0 Å². The SMILES string of the molecule is C=C(C)[C@H]1CC=C([C@H](O)C(C)=O)CC1. The molecule has 2 atom stereocenters. The monoisotopic (exact) mass is 194 g/mol. The lowest BCUT2D eigenvalue weighted by Gasteiger charge is -2.23. The number of rotatable bonds is 3. The normalized spacial score (nSPS) is 23.9. The van der Waals surface area contributed by atoms with Gasteiger partial charge in [0, 0.05) is 0 Å². The molecule has 0 bridgehead atoms. The van der Waals surface area contributed by atoms with Gasteiger partial charge in [-0.2, -0.15) is 0 Å². The van der Waals surface area contributed by atoms with Crippen LogP contribution in [0.1, 0.15) is 33.1 Å². The van der Waals surface area contributed by atoms with E-state index in [9.17, 15) is 9.90 Å². The van der Waals surface area contributed by atoms with Crippen LogP contribution in [0.4, 0.5) is 0 Å². The molecule has 0 saturated heterocycles. The lowest BCUT2D eigenvalue weighted by molar-refractivity contribution is -0.123. The van der Waals surface area contributed by atoms with Gasteiger partial charge in [-0.3, -0.25) is 4.79 Å². The summed E-state index contributed by atoms with van der Waals surface area (Å²) in [6.45, 7) is 7.38. The lowest BCUT2D eigenvalue weighted by atomic mass is 9.83. The minimum Gasteiger partial charge on any atom is -0.381 e. The van der Waals surface area contributed by atoms with Gasteiger partial charge in [-0.1, -0.05) is 18.2 Å². The zero-order chi connectivity index (χ0) is 10.7. The van der Waals surface area contributed by atoms with E-state index in [4.69, 9.17) is 0 Å². The van der Waals surface area contributed by atoms with Crippen LogP contribution in [0.3, 0.4) is 0 Å². The fraction of sp³-hybridized carbons (Fsp3) is 0.583.